The zero-order valence-electron chi connectivity index (χ0n) is 9.01. The molecular formula is C10H4Cl2FN3O3. The van der Waals surface area contributed by atoms with Crippen molar-refractivity contribution in [1.29, 1.82) is 0 Å². The van der Waals surface area contributed by atoms with E-state index in [2.05, 4.69) is 9.97 Å². The molecule has 6 nitrogen and oxygen atoms in total. The third kappa shape index (κ3) is 2.88. The molecule has 0 aliphatic rings. The molecule has 0 aliphatic carbocycles. The Bertz CT molecular complexity index is 654. The molecule has 2 rings (SSSR count). The lowest BCUT2D eigenvalue weighted by atomic mass is 10.3. The van der Waals surface area contributed by atoms with Crippen LogP contribution in [0.4, 0.5) is 10.1 Å². The van der Waals surface area contributed by atoms with Crippen molar-refractivity contribution in [2.24, 2.45) is 0 Å². The van der Waals surface area contributed by atoms with E-state index in [4.69, 9.17) is 27.9 Å². The van der Waals surface area contributed by atoms with Gasteiger partial charge in [0.1, 0.15) is 17.9 Å². The van der Waals surface area contributed by atoms with E-state index in [1.54, 1.807) is 0 Å². The molecular weight excluding hydrogens is 300 g/mol. The number of nitro groups is 1. The molecule has 0 atom stereocenters. The molecule has 0 radical (unpaired) electrons. The molecule has 1 aromatic carbocycles. The molecule has 2 aromatic rings. The molecule has 0 fully saturated rings. The Balaban J connectivity index is 2.40. The van der Waals surface area contributed by atoms with Crippen LogP contribution in [0.15, 0.2) is 24.5 Å². The van der Waals surface area contributed by atoms with Gasteiger partial charge in [-0.1, -0.05) is 23.2 Å². The predicted octanol–water partition coefficient (Wildman–Crippen LogP) is 3.62. The molecule has 0 bridgehead atoms. The summed E-state index contributed by atoms with van der Waals surface area (Å²) in [6, 6.07) is 3.48. The fourth-order valence-corrected chi connectivity index (χ4v) is 1.59. The lowest BCUT2D eigenvalue weighted by molar-refractivity contribution is -0.386. The summed E-state index contributed by atoms with van der Waals surface area (Å²) in [4.78, 5) is 17.1. The Kier molecular flexibility index (Phi) is 3.77. The molecule has 19 heavy (non-hydrogen) atoms. The van der Waals surface area contributed by atoms with Gasteiger partial charge in [-0.25, -0.2) is 9.37 Å². The number of benzene rings is 1. The minimum Gasteiger partial charge on any atom is -0.434 e. The smallest absolute Gasteiger partial charge is 0.368 e. The number of ether oxygens (including phenoxy) is 1. The summed E-state index contributed by atoms with van der Waals surface area (Å²) in [5.41, 5.74) is -0.579. The van der Waals surface area contributed by atoms with Crippen molar-refractivity contribution in [2.75, 3.05) is 0 Å². The molecule has 0 aliphatic heterocycles. The van der Waals surface area contributed by atoms with Crippen LogP contribution < -0.4 is 4.74 Å². The first-order valence-electron chi connectivity index (χ1n) is 4.77. The zero-order valence-corrected chi connectivity index (χ0v) is 10.5. The number of hydrogen-bond acceptors (Lipinski definition) is 5. The predicted molar refractivity (Wildman–Crippen MR) is 65.2 cm³/mol. The average Bonchev–Trinajstić information content (AvgIpc) is 2.33. The molecule has 0 unspecified atom stereocenters. The monoisotopic (exact) mass is 303 g/mol. The quantitative estimate of drug-likeness (QED) is 0.491. The van der Waals surface area contributed by atoms with Gasteiger partial charge in [-0.2, -0.15) is 4.98 Å². The highest BCUT2D eigenvalue weighted by Gasteiger charge is 2.23. The molecule has 9 heteroatoms. The minimum atomic E-state index is -0.775. The first-order valence-corrected chi connectivity index (χ1v) is 5.52. The van der Waals surface area contributed by atoms with Gasteiger partial charge in [0.05, 0.1) is 9.95 Å². The van der Waals surface area contributed by atoms with Crippen molar-refractivity contribution in [2.45, 2.75) is 0 Å². The highest BCUT2D eigenvalue weighted by atomic mass is 35.5. The van der Waals surface area contributed by atoms with Crippen LogP contribution in [0, 0.1) is 15.9 Å². The van der Waals surface area contributed by atoms with Gasteiger partial charge in [-0.3, -0.25) is 10.1 Å². The van der Waals surface area contributed by atoms with Gasteiger partial charge in [0.15, 0.2) is 0 Å². The summed E-state index contributed by atoms with van der Waals surface area (Å²) in [6.07, 6.45) is 1.01. The number of halogens is 3. The zero-order chi connectivity index (χ0) is 14.0. The van der Waals surface area contributed by atoms with Crippen molar-refractivity contribution in [3.05, 3.63) is 50.6 Å². The van der Waals surface area contributed by atoms with E-state index >= 15 is 0 Å². The molecule has 0 amide bonds. The Morgan fingerprint density at radius 3 is 2.68 bits per heavy atom. The van der Waals surface area contributed by atoms with Gasteiger partial charge in [-0.15, -0.1) is 0 Å². The maximum Gasteiger partial charge on any atom is 0.368 e. The Hall–Kier alpha value is -1.99. The highest BCUT2D eigenvalue weighted by Crippen LogP contribution is 2.34. The first kappa shape index (κ1) is 13.4. The average molecular weight is 304 g/mol. The second-order valence-corrected chi connectivity index (χ2v) is 4.02. The second kappa shape index (κ2) is 5.33. The lowest BCUT2D eigenvalue weighted by Crippen LogP contribution is -1.98. The van der Waals surface area contributed by atoms with E-state index < -0.39 is 16.4 Å². The van der Waals surface area contributed by atoms with Crippen molar-refractivity contribution >= 4 is 28.9 Å². The topological polar surface area (TPSA) is 78.2 Å². The van der Waals surface area contributed by atoms with E-state index in [-0.39, 0.29) is 21.8 Å². The van der Waals surface area contributed by atoms with Gasteiger partial charge in [0.25, 0.3) is 0 Å². The third-order valence-corrected chi connectivity index (χ3v) is 2.60. The van der Waals surface area contributed by atoms with Crippen LogP contribution in [0.5, 0.6) is 11.6 Å². The van der Waals surface area contributed by atoms with E-state index in [0.717, 1.165) is 18.5 Å². The number of hydrogen-bond donors (Lipinski definition) is 0. The molecule has 1 heterocycles. The SMILES string of the molecule is O=[N+]([O-])c1c(Cl)ncnc1Oc1ccc(F)c(Cl)c1. The van der Waals surface area contributed by atoms with E-state index in [0.29, 0.717) is 0 Å². The van der Waals surface area contributed by atoms with E-state index in [9.17, 15) is 14.5 Å². The molecule has 0 N–H and O–H groups in total. The fourth-order valence-electron chi connectivity index (χ4n) is 1.22. The summed E-state index contributed by atoms with van der Waals surface area (Å²) in [5.74, 6) is -0.902. The van der Waals surface area contributed by atoms with Gasteiger partial charge in [-0.05, 0) is 12.1 Å². The van der Waals surface area contributed by atoms with E-state index in [1.165, 1.54) is 6.07 Å². The molecule has 0 saturated carbocycles. The molecule has 0 saturated heterocycles. The van der Waals surface area contributed by atoms with Crippen LogP contribution in [-0.2, 0) is 0 Å². The number of aromatic nitrogens is 2. The fraction of sp³-hybridized carbons (Fsp3) is 0. The highest BCUT2D eigenvalue weighted by molar-refractivity contribution is 6.31. The van der Waals surface area contributed by atoms with Crippen LogP contribution in [0.3, 0.4) is 0 Å². The second-order valence-electron chi connectivity index (χ2n) is 3.25. The molecule has 0 spiro atoms. The summed E-state index contributed by atoms with van der Waals surface area (Å²) >= 11 is 11.2. The first-order chi connectivity index (χ1) is 8.99. The Labute approximate surface area is 115 Å². The van der Waals surface area contributed by atoms with Gasteiger partial charge in [0, 0.05) is 6.07 Å². The van der Waals surface area contributed by atoms with Crippen molar-refractivity contribution in [3.8, 4) is 11.6 Å². The van der Waals surface area contributed by atoms with Crippen LogP contribution in [0.25, 0.3) is 0 Å². The summed E-state index contributed by atoms with van der Waals surface area (Å²) in [6.45, 7) is 0. The van der Waals surface area contributed by atoms with Crippen molar-refractivity contribution in [3.63, 3.8) is 0 Å². The largest absolute Gasteiger partial charge is 0.434 e. The summed E-state index contributed by atoms with van der Waals surface area (Å²) < 4.78 is 18.1. The van der Waals surface area contributed by atoms with E-state index in [1.807, 2.05) is 0 Å². The van der Waals surface area contributed by atoms with Crippen molar-refractivity contribution < 1.29 is 14.1 Å². The van der Waals surface area contributed by atoms with Crippen LogP contribution >= 0.6 is 23.2 Å². The Morgan fingerprint density at radius 2 is 2.05 bits per heavy atom. The van der Waals surface area contributed by atoms with Gasteiger partial charge >= 0.3 is 11.6 Å². The summed E-state index contributed by atoms with van der Waals surface area (Å²) in [7, 11) is 0. The third-order valence-electron chi connectivity index (χ3n) is 2.03. The van der Waals surface area contributed by atoms with Gasteiger partial charge in [0.2, 0.25) is 5.15 Å². The van der Waals surface area contributed by atoms with Crippen LogP contribution in [0.2, 0.25) is 10.2 Å². The standard InChI is InChI=1S/C10H4Cl2FN3O3/c11-6-3-5(1-2-7(6)13)19-10-8(16(17)18)9(12)14-4-15-10/h1-4H. The molecule has 1 aromatic heterocycles. The number of nitrogens with zero attached hydrogens (tertiary/aromatic N) is 3. The lowest BCUT2D eigenvalue weighted by Gasteiger charge is -2.05. The van der Waals surface area contributed by atoms with Crippen molar-refractivity contribution in [1.82, 2.24) is 9.97 Å². The van der Waals surface area contributed by atoms with Crippen LogP contribution in [0.1, 0.15) is 0 Å². The summed E-state index contributed by atoms with van der Waals surface area (Å²) in [5, 5.41) is 10.3. The maximum absolute atomic E-state index is 13.0. The van der Waals surface area contributed by atoms with Gasteiger partial charge < -0.3 is 4.74 Å². The minimum absolute atomic E-state index is 0.0873. The maximum atomic E-state index is 13.0. The molecule has 98 valence electrons. The Morgan fingerprint density at radius 1 is 1.32 bits per heavy atom. The van der Waals surface area contributed by atoms with Crippen LogP contribution in [-0.4, -0.2) is 14.9 Å². The number of rotatable bonds is 3. The normalized spacial score (nSPS) is 10.3.